The molecule has 1 aromatic carbocycles. The number of amides is 1. The van der Waals surface area contributed by atoms with Gasteiger partial charge in [-0.2, -0.15) is 4.99 Å². The molecule has 9 heteroatoms. The lowest BCUT2D eigenvalue weighted by atomic mass is 10.2. The molecule has 0 bridgehead atoms. The van der Waals surface area contributed by atoms with Gasteiger partial charge in [-0.3, -0.25) is 10.1 Å². The highest BCUT2D eigenvalue weighted by molar-refractivity contribution is 7.16. The summed E-state index contributed by atoms with van der Waals surface area (Å²) in [5, 5.41) is 5.80. The first-order valence-corrected chi connectivity index (χ1v) is 10.6. The Hall–Kier alpha value is -3.30. The summed E-state index contributed by atoms with van der Waals surface area (Å²) in [6.07, 6.45) is 3.64. The lowest BCUT2D eigenvalue weighted by Crippen LogP contribution is -2.44. The third-order valence-electron chi connectivity index (χ3n) is 5.22. The van der Waals surface area contributed by atoms with Gasteiger partial charge in [0.25, 0.3) is 5.91 Å². The average molecular weight is 420 g/mol. The minimum absolute atomic E-state index is 0.216. The molecule has 30 heavy (non-hydrogen) atoms. The molecule has 0 saturated carbocycles. The number of aromatic nitrogens is 2. The van der Waals surface area contributed by atoms with Gasteiger partial charge in [-0.05, 0) is 43.0 Å². The number of fused-ring (bicyclic) bond motifs is 1. The number of piperazine rings is 1. The van der Waals surface area contributed by atoms with E-state index in [0.29, 0.717) is 17.5 Å². The first-order valence-electron chi connectivity index (χ1n) is 9.76. The Kier molecular flexibility index (Phi) is 4.89. The Morgan fingerprint density at radius 2 is 1.97 bits per heavy atom. The summed E-state index contributed by atoms with van der Waals surface area (Å²) in [5.74, 6) is 0.709. The second-order valence-corrected chi connectivity index (χ2v) is 8.23. The quantitative estimate of drug-likeness (QED) is 0.633. The van der Waals surface area contributed by atoms with Crippen molar-refractivity contribution < 1.29 is 4.79 Å². The predicted molar refractivity (Wildman–Crippen MR) is 120 cm³/mol. The van der Waals surface area contributed by atoms with Crippen LogP contribution in [0.1, 0.15) is 5.56 Å². The van der Waals surface area contributed by atoms with E-state index in [1.807, 2.05) is 42.0 Å². The first-order chi connectivity index (χ1) is 14.6. The van der Waals surface area contributed by atoms with Crippen LogP contribution in [0.5, 0.6) is 0 Å². The molecule has 0 aliphatic carbocycles. The second-order valence-electron chi connectivity index (χ2n) is 7.34. The molecular formula is C21H21N7OS. The summed E-state index contributed by atoms with van der Waals surface area (Å²) in [5.41, 5.74) is 5.25. The highest BCUT2D eigenvalue weighted by Gasteiger charge is 2.22. The fraction of sp³-hybridized carbons (Fsp3) is 0.238. The highest BCUT2D eigenvalue weighted by Crippen LogP contribution is 2.21. The molecule has 5 rings (SSSR count). The maximum absolute atomic E-state index is 12.3. The van der Waals surface area contributed by atoms with Crippen LogP contribution in [0, 0.1) is 0 Å². The number of hydrogen-bond acceptors (Lipinski definition) is 7. The molecule has 2 N–H and O–H groups in total. The zero-order valence-electron chi connectivity index (χ0n) is 16.5. The van der Waals surface area contributed by atoms with Crippen molar-refractivity contribution in [3.8, 4) is 0 Å². The van der Waals surface area contributed by atoms with E-state index >= 15 is 0 Å². The Bertz CT molecular complexity index is 1140. The molecule has 3 aromatic rings. The van der Waals surface area contributed by atoms with Gasteiger partial charge in [0.1, 0.15) is 5.70 Å². The molecule has 2 fully saturated rings. The van der Waals surface area contributed by atoms with Crippen LogP contribution in [0.3, 0.4) is 0 Å². The van der Waals surface area contributed by atoms with E-state index < -0.39 is 0 Å². The molecular weight excluding hydrogens is 398 g/mol. The van der Waals surface area contributed by atoms with Crippen molar-refractivity contribution in [1.29, 1.82) is 0 Å². The van der Waals surface area contributed by atoms with Gasteiger partial charge in [-0.1, -0.05) is 6.07 Å². The second kappa shape index (κ2) is 7.85. The number of aliphatic imine (C=N–C) groups is 1. The van der Waals surface area contributed by atoms with Crippen LogP contribution in [0.2, 0.25) is 0 Å². The van der Waals surface area contributed by atoms with E-state index in [2.05, 4.69) is 42.4 Å². The fourth-order valence-corrected chi connectivity index (χ4v) is 4.21. The van der Waals surface area contributed by atoms with Crippen LogP contribution in [-0.4, -0.2) is 60.0 Å². The number of nitrogens with zero attached hydrogens (tertiary/aromatic N) is 5. The van der Waals surface area contributed by atoms with Crippen molar-refractivity contribution >= 4 is 51.0 Å². The van der Waals surface area contributed by atoms with Gasteiger partial charge in [0, 0.05) is 26.2 Å². The smallest absolute Gasteiger partial charge is 0.274 e. The minimum atomic E-state index is -0.216. The molecule has 0 spiro atoms. The van der Waals surface area contributed by atoms with Crippen molar-refractivity contribution in [3.63, 3.8) is 0 Å². The van der Waals surface area contributed by atoms with Gasteiger partial charge in [0.05, 0.1) is 27.6 Å². The van der Waals surface area contributed by atoms with E-state index in [1.54, 1.807) is 17.4 Å². The van der Waals surface area contributed by atoms with Gasteiger partial charge in [0.15, 0.2) is 5.82 Å². The zero-order chi connectivity index (χ0) is 20.5. The number of anilines is 1. The summed E-state index contributed by atoms with van der Waals surface area (Å²) in [4.78, 5) is 30.1. The lowest BCUT2D eigenvalue weighted by Gasteiger charge is -2.33. The maximum atomic E-state index is 12.3. The molecule has 1 amide bonds. The third kappa shape index (κ3) is 3.89. The topological polar surface area (TPSA) is 85.8 Å². The van der Waals surface area contributed by atoms with Gasteiger partial charge >= 0.3 is 0 Å². The normalized spacial score (nSPS) is 20.2. The summed E-state index contributed by atoms with van der Waals surface area (Å²) in [7, 11) is 2.14. The minimum Gasteiger partial charge on any atom is -0.368 e. The number of pyridine rings is 1. The number of carbonyl (C=O) groups excluding carboxylic acids is 1. The number of carbonyl (C=O) groups is 1. The number of guanidine groups is 1. The summed E-state index contributed by atoms with van der Waals surface area (Å²) in [6, 6.07) is 9.80. The lowest BCUT2D eigenvalue weighted by molar-refractivity contribution is -0.115. The number of likely N-dealkylation sites (N-methyl/N-ethyl adjacent to an activating group) is 1. The zero-order valence-corrected chi connectivity index (χ0v) is 17.3. The molecule has 152 valence electrons. The van der Waals surface area contributed by atoms with Crippen LogP contribution < -0.4 is 15.5 Å². The molecule has 2 aliphatic rings. The fourth-order valence-electron chi connectivity index (χ4n) is 3.49. The standard InChI is InChI=1S/C21H21N7OS/c1-27-6-8-28(9-7-27)15-3-5-19(22-12-15)25-21-24-17(20(29)26-21)10-14-2-4-16-18(11-14)30-13-23-16/h2-5,10-13H,6-9H2,1H3,(H2,22,24,25,26,29)/b17-10-. The van der Waals surface area contributed by atoms with E-state index in [-0.39, 0.29) is 5.91 Å². The molecule has 2 saturated heterocycles. The molecule has 4 heterocycles. The summed E-state index contributed by atoms with van der Waals surface area (Å²) < 4.78 is 1.08. The van der Waals surface area contributed by atoms with E-state index in [4.69, 9.17) is 0 Å². The predicted octanol–water partition coefficient (Wildman–Crippen LogP) is 2.19. The van der Waals surface area contributed by atoms with Gasteiger partial charge in [0.2, 0.25) is 5.96 Å². The van der Waals surface area contributed by atoms with Crippen molar-refractivity contribution in [2.75, 3.05) is 38.1 Å². The van der Waals surface area contributed by atoms with Crippen LogP contribution in [0.15, 0.2) is 52.7 Å². The number of hydrogen-bond donors (Lipinski definition) is 2. The molecule has 0 unspecified atom stereocenters. The van der Waals surface area contributed by atoms with Crippen LogP contribution in [-0.2, 0) is 4.79 Å². The highest BCUT2D eigenvalue weighted by atomic mass is 32.1. The Morgan fingerprint density at radius 3 is 2.77 bits per heavy atom. The summed E-state index contributed by atoms with van der Waals surface area (Å²) in [6.45, 7) is 4.08. The summed E-state index contributed by atoms with van der Waals surface area (Å²) >= 11 is 1.57. The van der Waals surface area contributed by atoms with Crippen LogP contribution in [0.4, 0.5) is 11.5 Å². The van der Waals surface area contributed by atoms with Gasteiger partial charge in [-0.25, -0.2) is 9.97 Å². The molecule has 2 aliphatic heterocycles. The molecule has 8 nitrogen and oxygen atoms in total. The van der Waals surface area contributed by atoms with Crippen molar-refractivity contribution in [3.05, 3.63) is 53.3 Å². The van der Waals surface area contributed by atoms with Crippen LogP contribution >= 0.6 is 11.3 Å². The molecule has 2 aromatic heterocycles. The largest absolute Gasteiger partial charge is 0.368 e. The van der Waals surface area contributed by atoms with Crippen LogP contribution in [0.25, 0.3) is 16.3 Å². The van der Waals surface area contributed by atoms with E-state index in [1.165, 1.54) is 0 Å². The molecule has 0 radical (unpaired) electrons. The Labute approximate surface area is 178 Å². The number of rotatable bonds is 3. The van der Waals surface area contributed by atoms with Gasteiger partial charge < -0.3 is 15.1 Å². The third-order valence-corrected chi connectivity index (χ3v) is 6.01. The Balaban J connectivity index is 1.30. The Morgan fingerprint density at radius 1 is 1.10 bits per heavy atom. The molecule has 0 atom stereocenters. The number of benzene rings is 1. The average Bonchev–Trinajstić information content (AvgIpc) is 3.35. The number of nitrogens with one attached hydrogen (secondary N) is 2. The monoisotopic (exact) mass is 419 g/mol. The van der Waals surface area contributed by atoms with Crippen molar-refractivity contribution in [1.82, 2.24) is 25.5 Å². The SMILES string of the molecule is CN1CCN(c2ccc(N=C3NC(=O)/C(=C/c4ccc5ncsc5c4)N3)nc2)CC1. The van der Waals surface area contributed by atoms with E-state index in [9.17, 15) is 4.79 Å². The number of thiazole rings is 1. The maximum Gasteiger partial charge on any atom is 0.274 e. The van der Waals surface area contributed by atoms with E-state index in [0.717, 1.165) is 47.6 Å². The van der Waals surface area contributed by atoms with Gasteiger partial charge in [-0.15, -0.1) is 11.3 Å². The van der Waals surface area contributed by atoms with Crippen molar-refractivity contribution in [2.45, 2.75) is 0 Å². The first kappa shape index (κ1) is 18.7. The van der Waals surface area contributed by atoms with Crippen molar-refractivity contribution in [2.24, 2.45) is 4.99 Å².